The summed E-state index contributed by atoms with van der Waals surface area (Å²) in [6.07, 6.45) is 0.243. The van der Waals surface area contributed by atoms with Crippen molar-refractivity contribution in [3.8, 4) is 11.5 Å². The van der Waals surface area contributed by atoms with Gasteiger partial charge in [0.05, 0.1) is 18.9 Å². The van der Waals surface area contributed by atoms with Gasteiger partial charge in [0.15, 0.2) is 11.5 Å². The van der Waals surface area contributed by atoms with Crippen LogP contribution in [0.15, 0.2) is 71.8 Å². The molecule has 3 aromatic rings. The van der Waals surface area contributed by atoms with Crippen LogP contribution in [0.5, 0.6) is 11.5 Å². The highest BCUT2D eigenvalue weighted by atomic mass is 35.5. The molecule has 0 N–H and O–H groups in total. The molecule has 0 amide bonds. The third-order valence-corrected chi connectivity index (χ3v) is 5.55. The van der Waals surface area contributed by atoms with Gasteiger partial charge in [0.2, 0.25) is 6.23 Å². The molecular weight excluding hydrogens is 391 g/mol. The molecule has 0 radical (unpaired) electrons. The molecule has 0 fully saturated rings. The largest absolute Gasteiger partial charge is 0.493 e. The summed E-state index contributed by atoms with van der Waals surface area (Å²) in [5, 5.41) is 7.47. The first-order valence-electron chi connectivity index (χ1n) is 9.35. The van der Waals surface area contributed by atoms with Crippen molar-refractivity contribution in [2.24, 2.45) is 5.10 Å². The van der Waals surface area contributed by atoms with Gasteiger partial charge in [0, 0.05) is 22.6 Å². The molecule has 2 atom stereocenters. The van der Waals surface area contributed by atoms with Gasteiger partial charge < -0.3 is 9.47 Å². The minimum absolute atomic E-state index is 0.0158. The van der Waals surface area contributed by atoms with E-state index in [0.717, 1.165) is 28.2 Å². The Labute approximate surface area is 173 Å². The quantitative estimate of drug-likeness (QED) is 0.555. The maximum atomic E-state index is 13.4. The third-order valence-electron chi connectivity index (χ3n) is 5.31. The van der Waals surface area contributed by atoms with Gasteiger partial charge in [-0.25, -0.2) is 9.40 Å². The van der Waals surface area contributed by atoms with Crippen LogP contribution in [0, 0.1) is 5.82 Å². The van der Waals surface area contributed by atoms with Crippen molar-refractivity contribution < 1.29 is 13.9 Å². The molecule has 0 spiro atoms. The smallest absolute Gasteiger partial charge is 0.214 e. The van der Waals surface area contributed by atoms with E-state index >= 15 is 0 Å². The molecule has 146 valence electrons. The van der Waals surface area contributed by atoms with Gasteiger partial charge in [-0.2, -0.15) is 5.10 Å². The average molecular weight is 409 g/mol. The summed E-state index contributed by atoms with van der Waals surface area (Å²) in [6, 6.07) is 19.9. The van der Waals surface area contributed by atoms with E-state index < -0.39 is 6.23 Å². The number of ether oxygens (including phenoxy) is 2. The lowest BCUT2D eigenvalue weighted by atomic mass is 9.95. The van der Waals surface area contributed by atoms with Crippen molar-refractivity contribution >= 4 is 17.3 Å². The van der Waals surface area contributed by atoms with Gasteiger partial charge in [-0.3, -0.25) is 0 Å². The van der Waals surface area contributed by atoms with Gasteiger partial charge >= 0.3 is 0 Å². The first kappa shape index (κ1) is 18.0. The predicted octanol–water partition coefficient (Wildman–Crippen LogP) is 5.73. The van der Waals surface area contributed by atoms with Crippen LogP contribution in [0.3, 0.4) is 0 Å². The minimum atomic E-state index is -0.444. The van der Waals surface area contributed by atoms with Crippen LogP contribution < -0.4 is 9.47 Å². The number of rotatable bonds is 3. The summed E-state index contributed by atoms with van der Waals surface area (Å²) < 4.78 is 25.3. The van der Waals surface area contributed by atoms with Gasteiger partial charge in [-0.15, -0.1) is 0 Å². The summed E-state index contributed by atoms with van der Waals surface area (Å²) in [5.41, 5.74) is 3.71. The lowest BCUT2D eigenvalue weighted by molar-refractivity contribution is -0.0208. The highest BCUT2D eigenvalue weighted by Crippen LogP contribution is 2.50. The number of hydrazone groups is 1. The molecule has 0 bridgehead atoms. The molecule has 2 aliphatic heterocycles. The Morgan fingerprint density at radius 2 is 1.90 bits per heavy atom. The molecule has 2 aliphatic rings. The van der Waals surface area contributed by atoms with Gasteiger partial charge in [-0.1, -0.05) is 48.0 Å². The molecular formula is C23H18ClFN2O2. The summed E-state index contributed by atoms with van der Waals surface area (Å²) in [7, 11) is 1.63. The zero-order valence-corrected chi connectivity index (χ0v) is 16.4. The number of hydrogen-bond donors (Lipinski definition) is 0. The van der Waals surface area contributed by atoms with Crippen molar-refractivity contribution in [3.63, 3.8) is 0 Å². The Morgan fingerprint density at radius 3 is 2.66 bits per heavy atom. The van der Waals surface area contributed by atoms with Crippen molar-refractivity contribution in [2.45, 2.75) is 18.7 Å². The van der Waals surface area contributed by atoms with Crippen LogP contribution >= 0.6 is 11.6 Å². The second-order valence-corrected chi connectivity index (χ2v) is 7.49. The second-order valence-electron chi connectivity index (χ2n) is 7.06. The monoisotopic (exact) mass is 408 g/mol. The number of nitrogens with zero attached hydrogens (tertiary/aromatic N) is 2. The van der Waals surface area contributed by atoms with E-state index in [-0.39, 0.29) is 11.9 Å². The highest BCUT2D eigenvalue weighted by Gasteiger charge is 2.42. The average Bonchev–Trinajstić information content (AvgIpc) is 3.19. The number of para-hydroxylation sites is 1. The molecule has 3 aromatic carbocycles. The highest BCUT2D eigenvalue weighted by molar-refractivity contribution is 6.30. The zero-order valence-electron chi connectivity index (χ0n) is 15.7. The van der Waals surface area contributed by atoms with E-state index in [9.17, 15) is 4.39 Å². The Bertz CT molecular complexity index is 1100. The zero-order chi connectivity index (χ0) is 20.0. The van der Waals surface area contributed by atoms with Crippen LogP contribution in [-0.4, -0.2) is 17.8 Å². The predicted molar refractivity (Wildman–Crippen MR) is 110 cm³/mol. The molecule has 0 saturated heterocycles. The maximum absolute atomic E-state index is 13.4. The SMILES string of the molecule is COc1cccc2c1O[C@@H](c1cccc(Cl)c1)N1N=C(c3ccc(F)cc3)C[C@H]21. The van der Waals surface area contributed by atoms with E-state index in [2.05, 4.69) is 0 Å². The first-order chi connectivity index (χ1) is 14.1. The summed E-state index contributed by atoms with van der Waals surface area (Å²) >= 11 is 6.24. The molecule has 6 heteroatoms. The van der Waals surface area contributed by atoms with Crippen LogP contribution in [0.2, 0.25) is 5.02 Å². The second kappa shape index (κ2) is 7.08. The van der Waals surface area contributed by atoms with Crippen LogP contribution in [0.25, 0.3) is 0 Å². The fraction of sp³-hybridized carbons (Fsp3) is 0.174. The van der Waals surface area contributed by atoms with E-state index in [1.165, 1.54) is 12.1 Å². The van der Waals surface area contributed by atoms with Gasteiger partial charge in [0.25, 0.3) is 0 Å². The maximum Gasteiger partial charge on any atom is 0.214 e. The molecule has 4 nitrogen and oxygen atoms in total. The van der Waals surface area contributed by atoms with Crippen molar-refractivity contribution in [1.29, 1.82) is 0 Å². The summed E-state index contributed by atoms with van der Waals surface area (Å²) in [4.78, 5) is 0. The van der Waals surface area contributed by atoms with Crippen LogP contribution in [0.1, 0.15) is 35.4 Å². The Hall–Kier alpha value is -3.05. The lowest BCUT2D eigenvalue weighted by Gasteiger charge is -2.38. The summed E-state index contributed by atoms with van der Waals surface area (Å²) in [5.74, 6) is 1.14. The number of halogens is 2. The molecule has 0 aliphatic carbocycles. The standard InChI is InChI=1S/C23H18ClFN2O2/c1-28-21-7-3-6-18-20-13-19(14-8-10-17(25)11-9-14)26-27(20)23(29-22(18)21)15-4-2-5-16(24)12-15/h2-12,20,23H,13H2,1H3/t20-,23+/m1/s1. The normalized spacial score (nSPS) is 19.8. The fourth-order valence-electron chi connectivity index (χ4n) is 3.94. The number of hydrogen-bond acceptors (Lipinski definition) is 4. The molecule has 0 saturated carbocycles. The van der Waals surface area contributed by atoms with E-state index in [1.54, 1.807) is 19.2 Å². The Kier molecular flexibility index (Phi) is 4.40. The molecule has 0 unspecified atom stereocenters. The van der Waals surface area contributed by atoms with E-state index in [0.29, 0.717) is 17.2 Å². The number of benzene rings is 3. The fourth-order valence-corrected chi connectivity index (χ4v) is 4.14. The van der Waals surface area contributed by atoms with E-state index in [4.69, 9.17) is 26.2 Å². The summed E-state index contributed by atoms with van der Waals surface area (Å²) in [6.45, 7) is 0. The van der Waals surface area contributed by atoms with Crippen molar-refractivity contribution in [1.82, 2.24) is 5.01 Å². The van der Waals surface area contributed by atoms with Crippen LogP contribution in [-0.2, 0) is 0 Å². The van der Waals surface area contributed by atoms with Gasteiger partial charge in [0.1, 0.15) is 5.82 Å². The topological polar surface area (TPSA) is 34.1 Å². The molecule has 5 rings (SSSR count). The number of fused-ring (bicyclic) bond motifs is 3. The van der Waals surface area contributed by atoms with Gasteiger partial charge in [-0.05, 0) is 35.9 Å². The van der Waals surface area contributed by atoms with Crippen LogP contribution in [0.4, 0.5) is 4.39 Å². The molecule has 29 heavy (non-hydrogen) atoms. The first-order valence-corrected chi connectivity index (χ1v) is 9.72. The minimum Gasteiger partial charge on any atom is -0.493 e. The lowest BCUT2D eigenvalue weighted by Crippen LogP contribution is -2.33. The Balaban J connectivity index is 1.62. The molecule has 0 aromatic heterocycles. The molecule has 2 heterocycles. The Morgan fingerprint density at radius 1 is 1.10 bits per heavy atom. The van der Waals surface area contributed by atoms with E-state index in [1.807, 2.05) is 47.5 Å². The van der Waals surface area contributed by atoms with Crippen molar-refractivity contribution in [2.75, 3.05) is 7.11 Å². The van der Waals surface area contributed by atoms with Crippen molar-refractivity contribution in [3.05, 3.63) is 94.3 Å². The number of methoxy groups -OCH3 is 1. The third kappa shape index (κ3) is 3.12.